The van der Waals surface area contributed by atoms with Crippen LogP contribution in [0.3, 0.4) is 0 Å². The number of aromatic carboxylic acids is 1. The van der Waals surface area contributed by atoms with Crippen molar-refractivity contribution in [2.24, 2.45) is 0 Å². The Morgan fingerprint density at radius 2 is 1.86 bits per heavy atom. The average molecular weight is 420 g/mol. The molecule has 0 aliphatic carbocycles. The number of carboxylic acids is 1. The summed E-state index contributed by atoms with van der Waals surface area (Å²) < 4.78 is 18.9. The number of hydrogen-bond acceptors (Lipinski definition) is 3. The van der Waals surface area contributed by atoms with Gasteiger partial charge in [0.05, 0.1) is 15.6 Å². The molecule has 0 saturated heterocycles. The Morgan fingerprint density at radius 1 is 1.04 bits per heavy atom. The van der Waals surface area contributed by atoms with Gasteiger partial charge in [-0.1, -0.05) is 41.4 Å². The van der Waals surface area contributed by atoms with Crippen LogP contribution in [0.2, 0.25) is 10.0 Å². The lowest BCUT2D eigenvalue weighted by Crippen LogP contribution is -2.02. The molecule has 0 radical (unpaired) electrons. The van der Waals surface area contributed by atoms with E-state index in [2.05, 4.69) is 5.32 Å². The summed E-state index contributed by atoms with van der Waals surface area (Å²) in [5.74, 6) is -0.806. The van der Waals surface area contributed by atoms with Crippen LogP contribution in [0.15, 0.2) is 60.7 Å². The van der Waals surface area contributed by atoms with Crippen LogP contribution >= 0.6 is 23.2 Å². The molecule has 0 amide bonds. The molecule has 0 atom stereocenters. The minimum atomic E-state index is -1.07. The molecule has 28 heavy (non-hydrogen) atoms. The molecular formula is C21H16Cl2FNO3. The summed E-state index contributed by atoms with van der Waals surface area (Å²) in [6, 6.07) is 16.3. The molecule has 0 unspecified atom stereocenters. The van der Waals surface area contributed by atoms with Gasteiger partial charge in [-0.25, -0.2) is 9.18 Å². The summed E-state index contributed by atoms with van der Waals surface area (Å²) in [6.45, 7) is 0.722. The average Bonchev–Trinajstić information content (AvgIpc) is 2.66. The van der Waals surface area contributed by atoms with Crippen molar-refractivity contribution in [3.05, 3.63) is 93.2 Å². The highest BCUT2D eigenvalue weighted by Gasteiger charge is 2.09. The Labute approximate surface area is 171 Å². The maximum Gasteiger partial charge on any atom is 0.337 e. The monoisotopic (exact) mass is 419 g/mol. The third kappa shape index (κ3) is 5.15. The van der Waals surface area contributed by atoms with Crippen molar-refractivity contribution in [2.45, 2.75) is 13.2 Å². The van der Waals surface area contributed by atoms with Crippen molar-refractivity contribution >= 4 is 34.9 Å². The van der Waals surface area contributed by atoms with Crippen molar-refractivity contribution < 1.29 is 19.0 Å². The quantitative estimate of drug-likeness (QED) is 0.491. The number of carbonyl (C=O) groups is 1. The smallest absolute Gasteiger partial charge is 0.337 e. The zero-order valence-corrected chi connectivity index (χ0v) is 16.1. The minimum absolute atomic E-state index is 0.0575. The van der Waals surface area contributed by atoms with E-state index < -0.39 is 11.8 Å². The number of carboxylic acid groups (broad SMARTS) is 1. The molecule has 4 nitrogen and oxygen atoms in total. The molecule has 0 saturated carbocycles. The topological polar surface area (TPSA) is 58.6 Å². The summed E-state index contributed by atoms with van der Waals surface area (Å²) in [4.78, 5) is 11.0. The van der Waals surface area contributed by atoms with E-state index in [1.807, 2.05) is 24.3 Å². The van der Waals surface area contributed by atoms with E-state index in [0.29, 0.717) is 28.6 Å². The Hall–Kier alpha value is -2.76. The van der Waals surface area contributed by atoms with E-state index in [1.54, 1.807) is 18.2 Å². The van der Waals surface area contributed by atoms with Crippen molar-refractivity contribution in [1.82, 2.24) is 0 Å². The van der Waals surface area contributed by atoms with Crippen LogP contribution in [-0.2, 0) is 13.2 Å². The predicted molar refractivity (Wildman–Crippen MR) is 108 cm³/mol. The van der Waals surface area contributed by atoms with Crippen LogP contribution in [-0.4, -0.2) is 11.1 Å². The summed E-state index contributed by atoms with van der Waals surface area (Å²) in [7, 11) is 0. The molecular weight excluding hydrogens is 404 g/mol. The van der Waals surface area contributed by atoms with Crippen LogP contribution < -0.4 is 10.1 Å². The van der Waals surface area contributed by atoms with Gasteiger partial charge in [0, 0.05) is 17.8 Å². The lowest BCUT2D eigenvalue weighted by Gasteiger charge is -2.11. The van der Waals surface area contributed by atoms with Gasteiger partial charge in [-0.05, 0) is 48.0 Å². The normalized spacial score (nSPS) is 10.5. The van der Waals surface area contributed by atoms with Gasteiger partial charge in [0.1, 0.15) is 18.2 Å². The van der Waals surface area contributed by atoms with Gasteiger partial charge in [-0.15, -0.1) is 0 Å². The Balaban J connectivity index is 1.62. The van der Waals surface area contributed by atoms with E-state index in [9.17, 15) is 9.18 Å². The molecule has 0 fully saturated rings. The highest BCUT2D eigenvalue weighted by molar-refractivity contribution is 6.33. The van der Waals surface area contributed by atoms with E-state index >= 15 is 0 Å². The Morgan fingerprint density at radius 3 is 2.57 bits per heavy atom. The zero-order valence-electron chi connectivity index (χ0n) is 14.6. The van der Waals surface area contributed by atoms with Crippen LogP contribution in [0, 0.1) is 5.82 Å². The Kier molecular flexibility index (Phi) is 6.39. The molecule has 144 valence electrons. The molecule has 3 aromatic rings. The van der Waals surface area contributed by atoms with E-state index in [4.69, 9.17) is 33.0 Å². The number of benzene rings is 3. The van der Waals surface area contributed by atoms with Crippen molar-refractivity contribution in [1.29, 1.82) is 0 Å². The van der Waals surface area contributed by atoms with Crippen LogP contribution in [0.1, 0.15) is 21.5 Å². The number of anilines is 1. The SMILES string of the molecule is O=C(O)c1ccc(NCc2cccc(OCc3ccc(F)cc3Cl)c2)cc1Cl. The molecule has 7 heteroatoms. The van der Waals surface area contributed by atoms with Gasteiger partial charge in [-0.2, -0.15) is 0 Å². The molecule has 0 spiro atoms. The number of nitrogens with one attached hydrogen (secondary N) is 1. The number of rotatable bonds is 7. The molecule has 3 aromatic carbocycles. The minimum Gasteiger partial charge on any atom is -0.489 e. The number of hydrogen-bond donors (Lipinski definition) is 2. The first-order chi connectivity index (χ1) is 13.4. The summed E-state index contributed by atoms with van der Waals surface area (Å²) >= 11 is 12.0. The van der Waals surface area contributed by atoms with Crippen LogP contribution in [0.25, 0.3) is 0 Å². The summed E-state index contributed by atoms with van der Waals surface area (Å²) in [5, 5.41) is 12.7. The zero-order chi connectivity index (χ0) is 20.1. The van der Waals surface area contributed by atoms with Crippen LogP contribution in [0.5, 0.6) is 5.75 Å². The molecule has 0 aliphatic rings. The molecule has 0 bridgehead atoms. The lowest BCUT2D eigenvalue weighted by molar-refractivity contribution is 0.0697. The Bertz CT molecular complexity index is 1010. The molecule has 3 rings (SSSR count). The highest BCUT2D eigenvalue weighted by atomic mass is 35.5. The lowest BCUT2D eigenvalue weighted by atomic mass is 10.2. The summed E-state index contributed by atoms with van der Waals surface area (Å²) in [5.41, 5.74) is 2.42. The van der Waals surface area contributed by atoms with E-state index in [0.717, 1.165) is 5.56 Å². The molecule has 0 heterocycles. The van der Waals surface area contributed by atoms with Gasteiger partial charge in [0.25, 0.3) is 0 Å². The van der Waals surface area contributed by atoms with Gasteiger partial charge in [-0.3, -0.25) is 0 Å². The first-order valence-corrected chi connectivity index (χ1v) is 9.10. The van der Waals surface area contributed by atoms with Gasteiger partial charge >= 0.3 is 5.97 Å². The van der Waals surface area contributed by atoms with Crippen molar-refractivity contribution in [3.8, 4) is 5.75 Å². The van der Waals surface area contributed by atoms with Gasteiger partial charge in [0.2, 0.25) is 0 Å². The maximum atomic E-state index is 13.1. The summed E-state index contributed by atoms with van der Waals surface area (Å²) in [6.07, 6.45) is 0. The fourth-order valence-electron chi connectivity index (χ4n) is 2.55. The molecule has 0 aliphatic heterocycles. The second-order valence-electron chi connectivity index (χ2n) is 6.03. The van der Waals surface area contributed by atoms with E-state index in [-0.39, 0.29) is 17.2 Å². The number of ether oxygens (including phenoxy) is 1. The second kappa shape index (κ2) is 8.95. The third-order valence-electron chi connectivity index (χ3n) is 4.00. The van der Waals surface area contributed by atoms with E-state index in [1.165, 1.54) is 18.2 Å². The second-order valence-corrected chi connectivity index (χ2v) is 6.84. The fourth-order valence-corrected chi connectivity index (χ4v) is 3.03. The first kappa shape index (κ1) is 20.0. The number of halogens is 3. The van der Waals surface area contributed by atoms with Crippen molar-refractivity contribution in [3.63, 3.8) is 0 Å². The highest BCUT2D eigenvalue weighted by Crippen LogP contribution is 2.23. The van der Waals surface area contributed by atoms with Gasteiger partial charge in [0.15, 0.2) is 0 Å². The predicted octanol–water partition coefficient (Wildman–Crippen LogP) is 6.02. The van der Waals surface area contributed by atoms with Crippen molar-refractivity contribution in [2.75, 3.05) is 5.32 Å². The third-order valence-corrected chi connectivity index (χ3v) is 4.67. The van der Waals surface area contributed by atoms with Gasteiger partial charge < -0.3 is 15.2 Å². The standard InChI is InChI=1S/C21H16Cl2FNO3/c22-19-9-15(24)5-4-14(19)12-28-17-3-1-2-13(8-17)11-25-16-6-7-18(21(26)27)20(23)10-16/h1-10,25H,11-12H2,(H,26,27). The first-order valence-electron chi connectivity index (χ1n) is 8.35. The maximum absolute atomic E-state index is 13.1. The van der Waals surface area contributed by atoms with Crippen LogP contribution in [0.4, 0.5) is 10.1 Å². The molecule has 2 N–H and O–H groups in total. The largest absolute Gasteiger partial charge is 0.489 e. The fraction of sp³-hybridized carbons (Fsp3) is 0.0952. The molecule has 0 aromatic heterocycles.